The Balaban J connectivity index is 2.43. The fourth-order valence-corrected chi connectivity index (χ4v) is 2.25. The first-order chi connectivity index (χ1) is 9.67. The fraction of sp³-hybridized carbons (Fsp3) is 0.235. The minimum Gasteiger partial charge on any atom is -0.344 e. The van der Waals surface area contributed by atoms with E-state index in [9.17, 15) is 0 Å². The number of hydrogen-bond acceptors (Lipinski definition) is 3. The van der Waals surface area contributed by atoms with Gasteiger partial charge in [-0.3, -0.25) is 0 Å². The van der Waals surface area contributed by atoms with E-state index in [-0.39, 0.29) is 6.04 Å². The van der Waals surface area contributed by atoms with Crippen molar-refractivity contribution in [2.24, 2.45) is 5.73 Å². The first-order valence-electron chi connectivity index (χ1n) is 6.75. The molecule has 0 aromatic heterocycles. The molecule has 2 N–H and O–H groups in total. The molecule has 0 aliphatic heterocycles. The number of para-hydroxylation sites is 1. The molecule has 0 heterocycles. The second-order valence-corrected chi connectivity index (χ2v) is 4.79. The van der Waals surface area contributed by atoms with Gasteiger partial charge in [0.05, 0.1) is 11.6 Å². The second kappa shape index (κ2) is 6.23. The number of benzene rings is 2. The highest BCUT2D eigenvalue weighted by Crippen LogP contribution is 2.31. The van der Waals surface area contributed by atoms with Crippen LogP contribution in [0.25, 0.3) is 0 Å². The van der Waals surface area contributed by atoms with Crippen LogP contribution in [-0.2, 0) is 0 Å². The van der Waals surface area contributed by atoms with Crippen molar-refractivity contribution >= 4 is 11.4 Å². The van der Waals surface area contributed by atoms with Crippen LogP contribution in [-0.4, -0.2) is 7.05 Å². The first kappa shape index (κ1) is 14.1. The number of rotatable bonds is 4. The predicted octanol–water partition coefficient (Wildman–Crippen LogP) is 3.74. The van der Waals surface area contributed by atoms with Gasteiger partial charge in [0.1, 0.15) is 0 Å². The number of nitrogens with two attached hydrogens (primary N) is 1. The standard InChI is InChI=1S/C17H19N3/c1-3-16(19)15-9-4-5-10-17(15)20(2)14-8-6-7-13(11-14)12-18/h4-11,16H,3,19H2,1-2H3/t16-/m1/s1. The molecular weight excluding hydrogens is 246 g/mol. The van der Waals surface area contributed by atoms with E-state index >= 15 is 0 Å². The summed E-state index contributed by atoms with van der Waals surface area (Å²) in [5, 5.41) is 9.01. The zero-order chi connectivity index (χ0) is 14.5. The molecule has 0 spiro atoms. The van der Waals surface area contributed by atoms with Crippen LogP contribution in [0, 0.1) is 11.3 Å². The van der Waals surface area contributed by atoms with E-state index in [4.69, 9.17) is 11.0 Å². The van der Waals surface area contributed by atoms with Crippen LogP contribution in [0.15, 0.2) is 48.5 Å². The van der Waals surface area contributed by atoms with Crippen molar-refractivity contribution in [2.45, 2.75) is 19.4 Å². The molecule has 0 saturated heterocycles. The summed E-state index contributed by atoms with van der Waals surface area (Å²) in [5.74, 6) is 0. The Kier molecular flexibility index (Phi) is 4.39. The van der Waals surface area contributed by atoms with Crippen molar-refractivity contribution in [2.75, 3.05) is 11.9 Å². The Labute approximate surface area is 120 Å². The largest absolute Gasteiger partial charge is 0.344 e. The van der Waals surface area contributed by atoms with Gasteiger partial charge < -0.3 is 10.6 Å². The summed E-state index contributed by atoms with van der Waals surface area (Å²) in [7, 11) is 2.00. The summed E-state index contributed by atoms with van der Waals surface area (Å²) >= 11 is 0. The van der Waals surface area contributed by atoms with Crippen molar-refractivity contribution in [3.8, 4) is 6.07 Å². The van der Waals surface area contributed by atoms with E-state index < -0.39 is 0 Å². The molecule has 0 unspecified atom stereocenters. The molecule has 3 heteroatoms. The lowest BCUT2D eigenvalue weighted by molar-refractivity contribution is 0.698. The fourth-order valence-electron chi connectivity index (χ4n) is 2.25. The van der Waals surface area contributed by atoms with Crippen LogP contribution in [0.4, 0.5) is 11.4 Å². The number of hydrogen-bond donors (Lipinski definition) is 1. The summed E-state index contributed by atoms with van der Waals surface area (Å²) in [4.78, 5) is 2.08. The SMILES string of the molecule is CC[C@@H](N)c1ccccc1N(C)c1cccc(C#N)c1. The molecule has 0 saturated carbocycles. The molecule has 0 bridgehead atoms. The third-order valence-electron chi connectivity index (χ3n) is 3.50. The van der Waals surface area contributed by atoms with Gasteiger partial charge in [-0.15, -0.1) is 0 Å². The Bertz CT molecular complexity index is 628. The second-order valence-electron chi connectivity index (χ2n) is 4.79. The van der Waals surface area contributed by atoms with Crippen LogP contribution >= 0.6 is 0 Å². The summed E-state index contributed by atoms with van der Waals surface area (Å²) in [5.41, 5.74) is 10.0. The van der Waals surface area contributed by atoms with Crippen molar-refractivity contribution in [3.05, 3.63) is 59.7 Å². The van der Waals surface area contributed by atoms with Gasteiger partial charge in [0.15, 0.2) is 0 Å². The highest BCUT2D eigenvalue weighted by atomic mass is 15.1. The summed E-state index contributed by atoms with van der Waals surface area (Å²) < 4.78 is 0. The maximum Gasteiger partial charge on any atom is 0.0992 e. The van der Waals surface area contributed by atoms with Crippen LogP contribution in [0.3, 0.4) is 0 Å². The molecule has 0 amide bonds. The molecule has 1 atom stereocenters. The Hall–Kier alpha value is -2.31. The molecule has 102 valence electrons. The molecule has 2 rings (SSSR count). The van der Waals surface area contributed by atoms with Crippen molar-refractivity contribution < 1.29 is 0 Å². The lowest BCUT2D eigenvalue weighted by Gasteiger charge is -2.25. The molecule has 0 aliphatic rings. The van der Waals surface area contributed by atoms with E-state index in [2.05, 4.69) is 30.0 Å². The van der Waals surface area contributed by atoms with Crippen LogP contribution in [0.1, 0.15) is 30.5 Å². The molecule has 0 aliphatic carbocycles. The van der Waals surface area contributed by atoms with Crippen molar-refractivity contribution in [3.63, 3.8) is 0 Å². The average Bonchev–Trinajstić information content (AvgIpc) is 2.53. The van der Waals surface area contributed by atoms with Crippen LogP contribution in [0.5, 0.6) is 0 Å². The molecule has 3 nitrogen and oxygen atoms in total. The Morgan fingerprint density at radius 3 is 2.65 bits per heavy atom. The van der Waals surface area contributed by atoms with Gasteiger partial charge in [-0.1, -0.05) is 31.2 Å². The summed E-state index contributed by atoms with van der Waals surface area (Å²) in [6.07, 6.45) is 0.892. The Morgan fingerprint density at radius 1 is 1.20 bits per heavy atom. The summed E-state index contributed by atoms with van der Waals surface area (Å²) in [6, 6.07) is 17.9. The molecule has 20 heavy (non-hydrogen) atoms. The van der Waals surface area contributed by atoms with Gasteiger partial charge in [-0.25, -0.2) is 0 Å². The molecule has 0 fully saturated rings. The zero-order valence-electron chi connectivity index (χ0n) is 11.9. The highest BCUT2D eigenvalue weighted by Gasteiger charge is 2.13. The molecule has 2 aromatic carbocycles. The maximum absolute atomic E-state index is 9.01. The molecule has 2 aromatic rings. The van der Waals surface area contributed by atoms with Crippen LogP contribution in [0.2, 0.25) is 0 Å². The minimum absolute atomic E-state index is 0.0211. The van der Waals surface area contributed by atoms with Gasteiger partial charge >= 0.3 is 0 Å². The predicted molar refractivity (Wildman–Crippen MR) is 82.9 cm³/mol. The van der Waals surface area contributed by atoms with Gasteiger partial charge in [0.25, 0.3) is 0 Å². The average molecular weight is 265 g/mol. The molecular formula is C17H19N3. The van der Waals surface area contributed by atoms with E-state index in [1.54, 1.807) is 6.07 Å². The third-order valence-corrected chi connectivity index (χ3v) is 3.50. The number of nitriles is 1. The van der Waals surface area contributed by atoms with E-state index in [1.807, 2.05) is 37.4 Å². The van der Waals surface area contributed by atoms with E-state index in [0.29, 0.717) is 5.56 Å². The number of nitrogens with zero attached hydrogens (tertiary/aromatic N) is 2. The van der Waals surface area contributed by atoms with Gasteiger partial charge in [0, 0.05) is 24.5 Å². The zero-order valence-corrected chi connectivity index (χ0v) is 11.9. The summed E-state index contributed by atoms with van der Waals surface area (Å²) in [6.45, 7) is 2.08. The lowest BCUT2D eigenvalue weighted by Crippen LogP contribution is -2.16. The lowest BCUT2D eigenvalue weighted by atomic mass is 10.0. The number of anilines is 2. The quantitative estimate of drug-likeness (QED) is 0.916. The van der Waals surface area contributed by atoms with Gasteiger partial charge in [-0.05, 0) is 36.2 Å². The van der Waals surface area contributed by atoms with E-state index in [1.165, 1.54) is 0 Å². The first-order valence-corrected chi connectivity index (χ1v) is 6.75. The normalized spacial score (nSPS) is 11.7. The van der Waals surface area contributed by atoms with E-state index in [0.717, 1.165) is 23.4 Å². The minimum atomic E-state index is 0.0211. The molecule has 0 radical (unpaired) electrons. The highest BCUT2D eigenvalue weighted by molar-refractivity contribution is 5.67. The van der Waals surface area contributed by atoms with Crippen LogP contribution < -0.4 is 10.6 Å². The topological polar surface area (TPSA) is 53.0 Å². The van der Waals surface area contributed by atoms with Gasteiger partial charge in [-0.2, -0.15) is 5.26 Å². The van der Waals surface area contributed by atoms with Crippen molar-refractivity contribution in [1.82, 2.24) is 0 Å². The third kappa shape index (κ3) is 2.81. The maximum atomic E-state index is 9.01. The van der Waals surface area contributed by atoms with Crippen molar-refractivity contribution in [1.29, 1.82) is 5.26 Å². The van der Waals surface area contributed by atoms with Gasteiger partial charge in [0.2, 0.25) is 0 Å². The monoisotopic (exact) mass is 265 g/mol. The Morgan fingerprint density at radius 2 is 1.95 bits per heavy atom. The smallest absolute Gasteiger partial charge is 0.0992 e.